The van der Waals surface area contributed by atoms with Gasteiger partial charge < -0.3 is 14.7 Å². The van der Waals surface area contributed by atoms with E-state index in [0.29, 0.717) is 25.0 Å². The minimum atomic E-state index is -4.25. The molecule has 1 saturated carbocycles. The first-order valence-electron chi connectivity index (χ1n) is 14.7. The van der Waals surface area contributed by atoms with Crippen LogP contribution in [0.4, 0.5) is 5.95 Å². The maximum atomic E-state index is 14.2. The van der Waals surface area contributed by atoms with Crippen LogP contribution in [0.15, 0.2) is 47.5 Å². The molecule has 0 radical (unpaired) electrons. The van der Waals surface area contributed by atoms with Gasteiger partial charge in [0, 0.05) is 17.7 Å². The number of aliphatic hydroxyl groups is 1. The zero-order chi connectivity index (χ0) is 31.3. The van der Waals surface area contributed by atoms with Gasteiger partial charge in [0.1, 0.15) is 12.3 Å². The third-order valence-electron chi connectivity index (χ3n) is 8.29. The summed E-state index contributed by atoms with van der Waals surface area (Å²) in [5, 5.41) is 10.3. The van der Waals surface area contributed by atoms with Crippen molar-refractivity contribution in [3.8, 4) is 17.1 Å². The van der Waals surface area contributed by atoms with Crippen LogP contribution in [0, 0.1) is 25.2 Å². The fourth-order valence-corrected chi connectivity index (χ4v) is 6.94. The zero-order valence-electron chi connectivity index (χ0n) is 25.9. The van der Waals surface area contributed by atoms with Crippen molar-refractivity contribution in [1.29, 1.82) is 0 Å². The number of carbonyl (C=O) groups is 1. The van der Waals surface area contributed by atoms with Crippen molar-refractivity contribution in [1.82, 2.24) is 19.9 Å². The van der Waals surface area contributed by atoms with Gasteiger partial charge in [0.15, 0.2) is 5.03 Å². The van der Waals surface area contributed by atoms with Crippen molar-refractivity contribution >= 4 is 21.9 Å². The molecule has 4 bridgehead atoms. The van der Waals surface area contributed by atoms with Crippen LogP contribution in [-0.4, -0.2) is 63.6 Å². The molecule has 11 heteroatoms. The summed E-state index contributed by atoms with van der Waals surface area (Å²) >= 11 is 0. The van der Waals surface area contributed by atoms with E-state index < -0.39 is 15.6 Å². The number of sulfonamides is 1. The Morgan fingerprint density at radius 2 is 1.63 bits per heavy atom. The number of anilines is 1. The Morgan fingerprint density at radius 3 is 2.26 bits per heavy atom. The lowest BCUT2D eigenvalue weighted by Crippen LogP contribution is -2.58. The van der Waals surface area contributed by atoms with Gasteiger partial charge in [0.2, 0.25) is 11.8 Å². The van der Waals surface area contributed by atoms with Crippen LogP contribution in [-0.2, 0) is 10.0 Å². The number of pyridine rings is 1. The molecule has 0 unspecified atom stereocenters. The minimum absolute atomic E-state index is 0.0246. The third-order valence-corrected chi connectivity index (χ3v) is 9.52. The quantitative estimate of drug-likeness (QED) is 0.416. The molecule has 1 fully saturated rings. The molecule has 1 atom stereocenters. The Kier molecular flexibility index (Phi) is 8.02. The monoisotopic (exact) mass is 607 g/mol. The molecule has 1 aliphatic carbocycles. The summed E-state index contributed by atoms with van der Waals surface area (Å²) in [6.45, 7) is 14.0. The molecule has 10 nitrogen and oxygen atoms in total. The molecule has 43 heavy (non-hydrogen) atoms. The van der Waals surface area contributed by atoms with Gasteiger partial charge in [-0.05, 0) is 81.5 Å². The lowest BCUT2D eigenvalue weighted by molar-refractivity contribution is -0.0657. The topological polar surface area (TPSA) is 135 Å². The van der Waals surface area contributed by atoms with Crippen LogP contribution < -0.4 is 9.46 Å². The van der Waals surface area contributed by atoms with Crippen molar-refractivity contribution in [3.63, 3.8) is 0 Å². The number of benzene rings is 1. The van der Waals surface area contributed by atoms with Gasteiger partial charge in [-0.1, -0.05) is 45.0 Å². The summed E-state index contributed by atoms with van der Waals surface area (Å²) in [5.41, 5.74) is 2.30. The van der Waals surface area contributed by atoms with E-state index in [1.807, 2.05) is 32.0 Å². The lowest BCUT2D eigenvalue weighted by atomic mass is 9.70. The van der Waals surface area contributed by atoms with E-state index in [0.717, 1.165) is 16.7 Å². The number of aromatic nitrogens is 3. The van der Waals surface area contributed by atoms with Gasteiger partial charge in [-0.15, -0.1) is 0 Å². The predicted molar refractivity (Wildman–Crippen MR) is 164 cm³/mol. The average Bonchev–Trinajstić information content (AvgIpc) is 2.86. The summed E-state index contributed by atoms with van der Waals surface area (Å²) in [5.74, 6) is -0.302. The highest BCUT2D eigenvalue weighted by atomic mass is 32.2. The Morgan fingerprint density at radius 1 is 0.977 bits per heavy atom. The molecule has 2 aromatic heterocycles. The highest BCUT2D eigenvalue weighted by molar-refractivity contribution is 7.92. The summed E-state index contributed by atoms with van der Waals surface area (Å²) in [4.78, 5) is 29.3. The fraction of sp³-hybridized carbons (Fsp3) is 0.500. The van der Waals surface area contributed by atoms with E-state index in [4.69, 9.17) is 4.74 Å². The second-order valence-electron chi connectivity index (χ2n) is 13.6. The van der Waals surface area contributed by atoms with Crippen LogP contribution in [0.25, 0.3) is 11.3 Å². The molecule has 5 rings (SSSR count). The SMILES string of the molecule is Cc1cccc(C)c1-c1cc2nc(n1)NS(=O)(=O)c1cccc(n1)C(=O)N([C@H]1C[C@@H](C(C)(C)O)C1)[C@H](CC(C)(C)C)CO2. The first-order valence-corrected chi connectivity index (χ1v) is 16.1. The van der Waals surface area contributed by atoms with Gasteiger partial charge in [0.25, 0.3) is 15.9 Å². The molecule has 0 saturated heterocycles. The second-order valence-corrected chi connectivity index (χ2v) is 15.2. The lowest BCUT2D eigenvalue weighted by Gasteiger charge is -2.50. The predicted octanol–water partition coefficient (Wildman–Crippen LogP) is 5.15. The van der Waals surface area contributed by atoms with Gasteiger partial charge in [0.05, 0.1) is 17.3 Å². The van der Waals surface area contributed by atoms with Crippen LogP contribution in [0.2, 0.25) is 0 Å². The summed E-state index contributed by atoms with van der Waals surface area (Å²) in [6, 6.07) is 11.4. The first-order chi connectivity index (χ1) is 20.0. The number of carbonyl (C=O) groups excluding carboxylic acids is 1. The molecule has 2 N–H and O–H groups in total. The molecular formula is C32H41N5O5S. The second kappa shape index (κ2) is 11.2. The van der Waals surface area contributed by atoms with E-state index in [2.05, 4.69) is 40.4 Å². The molecule has 1 aliphatic heterocycles. The Hall–Kier alpha value is -3.57. The number of nitrogens with one attached hydrogen (secondary N) is 1. The fourth-order valence-electron chi connectivity index (χ4n) is 6.03. The van der Waals surface area contributed by atoms with E-state index in [-0.39, 0.29) is 58.5 Å². The van der Waals surface area contributed by atoms with E-state index in [9.17, 15) is 18.3 Å². The third kappa shape index (κ3) is 6.67. The summed E-state index contributed by atoms with van der Waals surface area (Å²) in [6.07, 6.45) is 1.84. The highest BCUT2D eigenvalue weighted by Gasteiger charge is 2.46. The number of fused-ring (bicyclic) bond motifs is 4. The van der Waals surface area contributed by atoms with E-state index in [1.165, 1.54) is 18.2 Å². The molecule has 230 valence electrons. The number of rotatable bonds is 4. The van der Waals surface area contributed by atoms with Crippen molar-refractivity contribution in [2.24, 2.45) is 11.3 Å². The van der Waals surface area contributed by atoms with Gasteiger partial charge in [-0.2, -0.15) is 13.4 Å². The first kappa shape index (κ1) is 30.9. The largest absolute Gasteiger partial charge is 0.475 e. The molecule has 1 aromatic carbocycles. The molecule has 3 aromatic rings. The van der Waals surface area contributed by atoms with Crippen LogP contribution in [0.1, 0.15) is 75.5 Å². The summed E-state index contributed by atoms with van der Waals surface area (Å²) < 4.78 is 35.8. The summed E-state index contributed by atoms with van der Waals surface area (Å²) in [7, 11) is -4.25. The van der Waals surface area contributed by atoms with Crippen LogP contribution in [0.5, 0.6) is 5.88 Å². The van der Waals surface area contributed by atoms with E-state index >= 15 is 0 Å². The van der Waals surface area contributed by atoms with Crippen LogP contribution >= 0.6 is 0 Å². The minimum Gasteiger partial charge on any atom is -0.475 e. The van der Waals surface area contributed by atoms with Crippen molar-refractivity contribution in [2.75, 3.05) is 11.3 Å². The van der Waals surface area contributed by atoms with Gasteiger partial charge in [-0.3, -0.25) is 4.79 Å². The Labute approximate surface area is 254 Å². The Balaban J connectivity index is 1.65. The average molecular weight is 608 g/mol. The highest BCUT2D eigenvalue weighted by Crippen LogP contribution is 2.42. The normalized spacial score (nSPS) is 22.3. The molecule has 2 aliphatic rings. The molecule has 0 spiro atoms. The van der Waals surface area contributed by atoms with Crippen molar-refractivity contribution in [2.45, 2.75) is 90.4 Å². The zero-order valence-corrected chi connectivity index (χ0v) is 26.7. The van der Waals surface area contributed by atoms with Crippen molar-refractivity contribution in [3.05, 3.63) is 59.3 Å². The number of amides is 1. The van der Waals surface area contributed by atoms with Crippen LogP contribution in [0.3, 0.4) is 0 Å². The molecule has 1 amide bonds. The van der Waals surface area contributed by atoms with Gasteiger partial charge in [-0.25, -0.2) is 14.7 Å². The maximum Gasteiger partial charge on any atom is 0.281 e. The van der Waals surface area contributed by atoms with Gasteiger partial charge >= 0.3 is 0 Å². The Bertz CT molecular complexity index is 1620. The standard InChI is InChI=1S/C32H41N5O5S/c1-19-10-8-11-20(2)28(19)25-16-26-35-30(34-25)36-43(40,41)27-13-9-12-24(33-27)29(38)37(22-14-21(15-22)32(6,7)39)23(18-42-26)17-31(3,4)5/h8-13,16,21-23,39H,14-15,17-18H2,1-7H3,(H,34,35,36)/t21-,22+,23-/m1/s1. The maximum absolute atomic E-state index is 14.2. The number of aryl methyl sites for hydroxylation is 2. The number of hydrogen-bond acceptors (Lipinski definition) is 8. The van der Waals surface area contributed by atoms with E-state index in [1.54, 1.807) is 24.8 Å². The number of hydrogen-bond donors (Lipinski definition) is 2. The smallest absolute Gasteiger partial charge is 0.281 e. The molecule has 3 heterocycles. The number of ether oxygens (including phenoxy) is 1. The number of nitrogens with zero attached hydrogens (tertiary/aromatic N) is 4. The van der Waals surface area contributed by atoms with Crippen molar-refractivity contribution < 1.29 is 23.1 Å². The molecular weight excluding hydrogens is 566 g/mol.